The predicted octanol–water partition coefficient (Wildman–Crippen LogP) is 5.93. The molecule has 2 aliphatic rings. The molecule has 7 heteroatoms. The van der Waals surface area contributed by atoms with Gasteiger partial charge in [-0.3, -0.25) is 9.69 Å². The summed E-state index contributed by atoms with van der Waals surface area (Å²) in [6.45, 7) is 0.486. The third-order valence-electron chi connectivity index (χ3n) is 5.57. The number of amides is 1. The zero-order valence-electron chi connectivity index (χ0n) is 18.7. The first-order valence-corrected chi connectivity index (χ1v) is 12.3. The summed E-state index contributed by atoms with van der Waals surface area (Å²) in [5, 5.41) is 1.66. The third-order valence-corrected chi connectivity index (χ3v) is 8.00. The van der Waals surface area contributed by atoms with Crippen LogP contribution in [0.4, 0.5) is 17.1 Å². The molecular formula is C26H24N4OS2. The van der Waals surface area contributed by atoms with Crippen LogP contribution < -0.4 is 9.80 Å². The van der Waals surface area contributed by atoms with E-state index < -0.39 is 0 Å². The molecule has 3 aromatic carbocycles. The van der Waals surface area contributed by atoms with Crippen molar-refractivity contribution in [3.8, 4) is 0 Å². The molecule has 33 heavy (non-hydrogen) atoms. The van der Waals surface area contributed by atoms with Gasteiger partial charge >= 0.3 is 0 Å². The van der Waals surface area contributed by atoms with Crippen molar-refractivity contribution in [3.63, 3.8) is 0 Å². The molecule has 166 valence electrons. The molecule has 1 amide bonds. The van der Waals surface area contributed by atoms with Gasteiger partial charge in [-0.05, 0) is 53.7 Å². The number of fused-ring (bicyclic) bond motifs is 1. The Morgan fingerprint density at radius 2 is 1.58 bits per heavy atom. The smallest absolute Gasteiger partial charge is 0.269 e. The van der Waals surface area contributed by atoms with Gasteiger partial charge in [0.15, 0.2) is 5.17 Å². The van der Waals surface area contributed by atoms with Crippen molar-refractivity contribution in [1.82, 2.24) is 4.90 Å². The topological polar surface area (TPSA) is 39.1 Å². The standard InChI is InChI=1S/C26H24N4OS2/c1-28(2)20-15-13-19(14-16-20)27-26-30(17-18-9-5-4-6-10-18)24(31)23(33-26)25-29(3)21-11-7-8-12-22(21)32-25/h4-16H,17H2,1-3H3/b25-23+,27-26?. The van der Waals surface area contributed by atoms with Gasteiger partial charge in [0.1, 0.15) is 4.91 Å². The lowest BCUT2D eigenvalue weighted by Gasteiger charge is -2.17. The number of thioether (sulfide) groups is 2. The SMILES string of the molecule is CN(C)c1ccc(N=C2S/C(=C3/Sc4ccccc4N3C)C(=O)N2Cc2ccccc2)cc1. The van der Waals surface area contributed by atoms with Crippen molar-refractivity contribution in [3.05, 3.63) is 94.4 Å². The van der Waals surface area contributed by atoms with Gasteiger partial charge < -0.3 is 9.80 Å². The van der Waals surface area contributed by atoms with Gasteiger partial charge in [-0.25, -0.2) is 4.99 Å². The number of rotatable bonds is 4. The summed E-state index contributed by atoms with van der Waals surface area (Å²) in [5.41, 5.74) is 4.14. The number of nitrogens with zero attached hydrogens (tertiary/aromatic N) is 4. The second-order valence-electron chi connectivity index (χ2n) is 8.05. The fourth-order valence-electron chi connectivity index (χ4n) is 3.76. The van der Waals surface area contributed by atoms with Crippen LogP contribution in [-0.4, -0.2) is 37.1 Å². The number of hydrogen-bond acceptors (Lipinski definition) is 6. The van der Waals surface area contributed by atoms with Crippen LogP contribution in [0.15, 0.2) is 98.7 Å². The van der Waals surface area contributed by atoms with E-state index in [1.807, 2.05) is 87.9 Å². The Kier molecular flexibility index (Phi) is 5.91. The molecule has 0 unspecified atom stereocenters. The lowest BCUT2D eigenvalue weighted by molar-refractivity contribution is -0.122. The largest absolute Gasteiger partial charge is 0.378 e. The molecule has 1 fully saturated rings. The van der Waals surface area contributed by atoms with Gasteiger partial charge in [-0.2, -0.15) is 0 Å². The summed E-state index contributed by atoms with van der Waals surface area (Å²) in [5.74, 6) is -0.00493. The third kappa shape index (κ3) is 4.26. The lowest BCUT2D eigenvalue weighted by atomic mass is 10.2. The average molecular weight is 473 g/mol. The van der Waals surface area contributed by atoms with Crippen LogP contribution in [0.5, 0.6) is 0 Å². The van der Waals surface area contributed by atoms with Crippen molar-refractivity contribution >= 4 is 51.7 Å². The van der Waals surface area contributed by atoms with E-state index in [-0.39, 0.29) is 5.91 Å². The summed E-state index contributed by atoms with van der Waals surface area (Å²) in [6, 6.07) is 26.4. The number of hydrogen-bond donors (Lipinski definition) is 0. The number of para-hydroxylation sites is 1. The molecule has 5 nitrogen and oxygen atoms in total. The summed E-state index contributed by atoms with van der Waals surface area (Å²) in [4.78, 5) is 26.4. The molecular weight excluding hydrogens is 448 g/mol. The molecule has 0 radical (unpaired) electrons. The van der Waals surface area contributed by atoms with Gasteiger partial charge in [-0.1, -0.05) is 54.2 Å². The predicted molar refractivity (Wildman–Crippen MR) is 140 cm³/mol. The van der Waals surface area contributed by atoms with Gasteiger partial charge in [0, 0.05) is 31.7 Å². The van der Waals surface area contributed by atoms with E-state index in [4.69, 9.17) is 4.99 Å². The van der Waals surface area contributed by atoms with E-state index in [2.05, 4.69) is 21.9 Å². The number of aliphatic imine (C=N–C) groups is 1. The van der Waals surface area contributed by atoms with E-state index in [9.17, 15) is 4.79 Å². The minimum Gasteiger partial charge on any atom is -0.378 e. The van der Waals surface area contributed by atoms with Crippen molar-refractivity contribution in [2.45, 2.75) is 11.4 Å². The Balaban J connectivity index is 1.53. The zero-order valence-corrected chi connectivity index (χ0v) is 20.4. The highest BCUT2D eigenvalue weighted by Gasteiger charge is 2.39. The summed E-state index contributed by atoms with van der Waals surface area (Å²) in [7, 11) is 6.05. The van der Waals surface area contributed by atoms with Crippen LogP contribution >= 0.6 is 23.5 Å². The monoisotopic (exact) mass is 472 g/mol. The highest BCUT2D eigenvalue weighted by molar-refractivity contribution is 8.19. The molecule has 3 aromatic rings. The van der Waals surface area contributed by atoms with Crippen molar-refractivity contribution in [2.75, 3.05) is 30.9 Å². The fraction of sp³-hybridized carbons (Fsp3) is 0.154. The molecule has 0 bridgehead atoms. The molecule has 5 rings (SSSR count). The van der Waals surface area contributed by atoms with E-state index in [0.29, 0.717) is 11.7 Å². The number of benzene rings is 3. The number of carbonyl (C=O) groups is 1. The quantitative estimate of drug-likeness (QED) is 0.440. The highest BCUT2D eigenvalue weighted by atomic mass is 32.2. The minimum absolute atomic E-state index is 0.00493. The normalized spacial score (nSPS) is 18.9. The van der Waals surface area contributed by atoms with Gasteiger partial charge in [0.25, 0.3) is 5.91 Å². The summed E-state index contributed by atoms with van der Waals surface area (Å²) >= 11 is 3.10. The number of amidine groups is 1. The maximum atomic E-state index is 13.7. The van der Waals surface area contributed by atoms with Gasteiger partial charge in [0.2, 0.25) is 0 Å². The van der Waals surface area contributed by atoms with Crippen LogP contribution in [0, 0.1) is 0 Å². The molecule has 0 aliphatic carbocycles. The van der Waals surface area contributed by atoms with E-state index in [0.717, 1.165) is 37.5 Å². The van der Waals surface area contributed by atoms with Crippen LogP contribution in [0.25, 0.3) is 0 Å². The Bertz CT molecular complexity index is 1250. The summed E-state index contributed by atoms with van der Waals surface area (Å²) < 4.78 is 0. The highest BCUT2D eigenvalue weighted by Crippen LogP contribution is 2.50. The summed E-state index contributed by atoms with van der Waals surface area (Å²) in [6.07, 6.45) is 0. The van der Waals surface area contributed by atoms with Crippen LogP contribution in [0.1, 0.15) is 5.56 Å². The van der Waals surface area contributed by atoms with E-state index in [1.165, 1.54) is 11.8 Å². The van der Waals surface area contributed by atoms with E-state index >= 15 is 0 Å². The first-order valence-electron chi connectivity index (χ1n) is 10.7. The van der Waals surface area contributed by atoms with Gasteiger partial charge in [0.05, 0.1) is 22.9 Å². The molecule has 0 saturated carbocycles. The number of carbonyl (C=O) groups excluding carboxylic acids is 1. The van der Waals surface area contributed by atoms with Crippen molar-refractivity contribution in [1.29, 1.82) is 0 Å². The maximum absolute atomic E-state index is 13.7. The van der Waals surface area contributed by atoms with Crippen molar-refractivity contribution < 1.29 is 4.79 Å². The lowest BCUT2D eigenvalue weighted by Crippen LogP contribution is -2.29. The molecule has 2 aliphatic heterocycles. The first kappa shape index (κ1) is 21.7. The Hall–Kier alpha value is -3.16. The molecule has 0 atom stereocenters. The Morgan fingerprint density at radius 1 is 0.879 bits per heavy atom. The second-order valence-corrected chi connectivity index (χ2v) is 10.1. The molecule has 2 heterocycles. The van der Waals surface area contributed by atoms with Gasteiger partial charge in [-0.15, -0.1) is 0 Å². The first-order chi connectivity index (χ1) is 16.0. The molecule has 0 N–H and O–H groups in total. The molecule has 0 spiro atoms. The maximum Gasteiger partial charge on any atom is 0.269 e. The van der Waals surface area contributed by atoms with Crippen molar-refractivity contribution in [2.24, 2.45) is 4.99 Å². The fourth-order valence-corrected chi connectivity index (χ4v) is 6.10. The Morgan fingerprint density at radius 3 is 2.27 bits per heavy atom. The zero-order chi connectivity index (χ0) is 22.9. The second kappa shape index (κ2) is 9.00. The van der Waals surface area contributed by atoms with Crippen LogP contribution in [-0.2, 0) is 11.3 Å². The van der Waals surface area contributed by atoms with E-state index in [1.54, 1.807) is 16.7 Å². The average Bonchev–Trinajstić information content (AvgIpc) is 3.32. The minimum atomic E-state index is -0.00493. The molecule has 1 saturated heterocycles. The van der Waals surface area contributed by atoms with Crippen LogP contribution in [0.2, 0.25) is 0 Å². The number of anilines is 2. The Labute approximate surface area is 202 Å². The van der Waals surface area contributed by atoms with Crippen LogP contribution in [0.3, 0.4) is 0 Å². The molecule has 0 aromatic heterocycles.